The SMILES string of the molecule is CCCCCCCCCCCCOc1cccc(OCC(COP(=O)(O)Oc2ccccc2Cn2cc[n+](C)c2)OC)c1C. The second kappa shape index (κ2) is 19.5. The molecule has 2 unspecified atom stereocenters. The van der Waals surface area contributed by atoms with Gasteiger partial charge in [0.15, 0.2) is 0 Å². The minimum Gasteiger partial charge on any atom is -0.493 e. The molecule has 9 nitrogen and oxygen atoms in total. The fourth-order valence-corrected chi connectivity index (χ4v) is 5.72. The number of aryl methyl sites for hydroxylation is 1. The van der Waals surface area contributed by atoms with Crippen LogP contribution >= 0.6 is 7.82 Å². The summed E-state index contributed by atoms with van der Waals surface area (Å²) in [5.41, 5.74) is 1.65. The summed E-state index contributed by atoms with van der Waals surface area (Å²) in [6.45, 7) is 5.31. The number of rotatable bonds is 23. The molecule has 244 valence electrons. The van der Waals surface area contributed by atoms with Crippen LogP contribution in [0, 0.1) is 6.92 Å². The maximum absolute atomic E-state index is 12.8. The summed E-state index contributed by atoms with van der Waals surface area (Å²) in [7, 11) is -0.990. The number of aromatic nitrogens is 2. The van der Waals surface area contributed by atoms with Gasteiger partial charge in [0.1, 0.15) is 48.9 Å². The van der Waals surface area contributed by atoms with Crippen molar-refractivity contribution in [1.29, 1.82) is 0 Å². The number of phosphoric ester groups is 1. The van der Waals surface area contributed by atoms with Gasteiger partial charge in [-0.3, -0.25) is 9.42 Å². The molecule has 1 heterocycles. The van der Waals surface area contributed by atoms with Gasteiger partial charge < -0.3 is 18.7 Å². The first-order chi connectivity index (χ1) is 21.3. The molecule has 0 aliphatic carbocycles. The Labute approximate surface area is 263 Å². The Bertz CT molecular complexity index is 1280. The first-order valence-corrected chi connectivity index (χ1v) is 17.4. The van der Waals surface area contributed by atoms with E-state index in [2.05, 4.69) is 6.92 Å². The van der Waals surface area contributed by atoms with E-state index in [1.807, 2.05) is 72.2 Å². The topological polar surface area (TPSA) is 92.3 Å². The second-order valence-corrected chi connectivity index (χ2v) is 12.7. The number of nitrogens with zero attached hydrogens (tertiary/aromatic N) is 2. The molecule has 0 fully saturated rings. The van der Waals surface area contributed by atoms with Gasteiger partial charge in [-0.15, -0.1) is 0 Å². The molecule has 0 spiro atoms. The maximum Gasteiger partial charge on any atom is 0.527 e. The number of methoxy groups -OCH3 is 1. The lowest BCUT2D eigenvalue weighted by Crippen LogP contribution is -2.26. The van der Waals surface area contributed by atoms with Crippen LogP contribution in [-0.2, 0) is 27.4 Å². The van der Waals surface area contributed by atoms with Crippen molar-refractivity contribution < 1.29 is 37.3 Å². The van der Waals surface area contributed by atoms with Crippen molar-refractivity contribution in [3.63, 3.8) is 0 Å². The van der Waals surface area contributed by atoms with Crippen LogP contribution in [0.1, 0.15) is 82.3 Å². The fraction of sp³-hybridized carbons (Fsp3) is 0.559. The lowest BCUT2D eigenvalue weighted by molar-refractivity contribution is -0.671. The van der Waals surface area contributed by atoms with Crippen molar-refractivity contribution >= 4 is 7.82 Å². The number of hydrogen-bond donors (Lipinski definition) is 1. The fourth-order valence-electron chi connectivity index (χ4n) is 4.89. The number of ether oxygens (including phenoxy) is 3. The standard InChI is InChI=1S/C34H51N2O7P/c1-5-6-7-8-9-10-11-12-13-16-24-40-32-20-17-21-33(29(32)2)41-26-31(39-4)27-42-44(37,38)43-34-19-15-14-18-30(34)25-36-23-22-35(3)28-36/h14-15,17-23,28,31H,5-13,16,24-27H2,1-4H3/p+1. The average molecular weight is 632 g/mol. The van der Waals surface area contributed by atoms with Crippen molar-refractivity contribution in [3.8, 4) is 17.2 Å². The summed E-state index contributed by atoms with van der Waals surface area (Å²) in [6.07, 6.45) is 18.0. The van der Waals surface area contributed by atoms with Crippen LogP contribution in [-0.4, -0.2) is 42.5 Å². The minimum atomic E-state index is -4.42. The highest BCUT2D eigenvalue weighted by molar-refractivity contribution is 7.47. The molecule has 44 heavy (non-hydrogen) atoms. The highest BCUT2D eigenvalue weighted by atomic mass is 31.2. The van der Waals surface area contributed by atoms with E-state index in [1.54, 1.807) is 12.1 Å². The predicted molar refractivity (Wildman–Crippen MR) is 172 cm³/mol. The van der Waals surface area contributed by atoms with E-state index in [0.717, 1.165) is 23.3 Å². The van der Waals surface area contributed by atoms with Crippen LogP contribution in [0.15, 0.2) is 61.2 Å². The van der Waals surface area contributed by atoms with Gasteiger partial charge in [-0.1, -0.05) is 89.0 Å². The summed E-state index contributed by atoms with van der Waals surface area (Å²) in [6, 6.07) is 12.8. The van der Waals surface area contributed by atoms with E-state index >= 15 is 0 Å². The molecule has 0 saturated carbocycles. The molecule has 1 aromatic heterocycles. The Kier molecular flexibility index (Phi) is 15.8. The first-order valence-electron chi connectivity index (χ1n) is 15.9. The van der Waals surface area contributed by atoms with Crippen molar-refractivity contribution in [1.82, 2.24) is 4.57 Å². The van der Waals surface area contributed by atoms with Gasteiger partial charge in [0.2, 0.25) is 6.33 Å². The van der Waals surface area contributed by atoms with E-state index in [4.69, 9.17) is 23.3 Å². The highest BCUT2D eigenvalue weighted by Gasteiger charge is 2.27. The van der Waals surface area contributed by atoms with Crippen molar-refractivity contribution in [2.24, 2.45) is 7.05 Å². The van der Waals surface area contributed by atoms with Crippen molar-refractivity contribution in [3.05, 3.63) is 72.3 Å². The third-order valence-corrected chi connectivity index (χ3v) is 8.44. The van der Waals surface area contributed by atoms with Crippen LogP contribution in [0.3, 0.4) is 0 Å². The van der Waals surface area contributed by atoms with E-state index in [1.165, 1.54) is 64.9 Å². The molecule has 1 N–H and O–H groups in total. The monoisotopic (exact) mass is 631 g/mol. The first kappa shape index (κ1) is 35.6. The molecule has 3 aromatic rings. The quantitative estimate of drug-likeness (QED) is 0.0656. The third-order valence-electron chi connectivity index (χ3n) is 7.53. The van der Waals surface area contributed by atoms with Gasteiger partial charge in [0.05, 0.1) is 20.3 Å². The summed E-state index contributed by atoms with van der Waals surface area (Å²) in [5.74, 6) is 1.75. The Morgan fingerprint density at radius 2 is 1.50 bits per heavy atom. The molecule has 3 rings (SSSR count). The average Bonchev–Trinajstić information content (AvgIpc) is 3.42. The molecule has 10 heteroatoms. The van der Waals surface area contributed by atoms with E-state index in [0.29, 0.717) is 18.9 Å². The predicted octanol–water partition coefficient (Wildman–Crippen LogP) is 7.56. The van der Waals surface area contributed by atoms with Crippen LogP contribution in [0.4, 0.5) is 0 Å². The lowest BCUT2D eigenvalue weighted by atomic mass is 10.1. The smallest absolute Gasteiger partial charge is 0.493 e. The minimum absolute atomic E-state index is 0.125. The molecule has 2 atom stereocenters. The van der Waals surface area contributed by atoms with E-state index in [-0.39, 0.29) is 19.0 Å². The number of benzene rings is 2. The normalized spacial score (nSPS) is 13.4. The third kappa shape index (κ3) is 13.0. The van der Waals surface area contributed by atoms with Gasteiger partial charge in [0, 0.05) is 18.2 Å². The van der Waals surface area contributed by atoms with Gasteiger partial charge in [0.25, 0.3) is 0 Å². The molecular weight excluding hydrogens is 579 g/mol. The maximum atomic E-state index is 12.8. The molecule has 0 aliphatic heterocycles. The zero-order valence-electron chi connectivity index (χ0n) is 27.0. The number of unbranched alkanes of at least 4 members (excludes halogenated alkanes) is 9. The largest absolute Gasteiger partial charge is 0.527 e. The molecule has 2 aromatic carbocycles. The molecular formula is C34H52N2O7P+. The van der Waals surface area contributed by atoms with Gasteiger partial charge >= 0.3 is 7.82 Å². The number of imidazole rings is 1. The lowest BCUT2D eigenvalue weighted by Gasteiger charge is -2.20. The molecule has 0 amide bonds. The van der Waals surface area contributed by atoms with Gasteiger partial charge in [-0.25, -0.2) is 13.7 Å². The zero-order valence-corrected chi connectivity index (χ0v) is 27.9. The zero-order chi connectivity index (χ0) is 31.6. The molecule has 0 saturated heterocycles. The van der Waals surface area contributed by atoms with E-state index < -0.39 is 13.9 Å². The Morgan fingerprint density at radius 1 is 0.864 bits per heavy atom. The van der Waals surface area contributed by atoms with Crippen LogP contribution < -0.4 is 18.6 Å². The Balaban J connectivity index is 1.40. The van der Waals surface area contributed by atoms with Gasteiger partial charge in [-0.2, -0.15) is 0 Å². The molecule has 0 radical (unpaired) electrons. The second-order valence-electron chi connectivity index (χ2n) is 11.3. The molecule has 0 aliphatic rings. The summed E-state index contributed by atoms with van der Waals surface area (Å²) < 4.78 is 45.0. The van der Waals surface area contributed by atoms with Gasteiger partial charge in [-0.05, 0) is 31.5 Å². The Hall–Kier alpha value is -2.84. The summed E-state index contributed by atoms with van der Waals surface area (Å²) in [5, 5.41) is 0. The number of para-hydroxylation sites is 1. The number of phosphoric acid groups is 1. The Morgan fingerprint density at radius 3 is 2.16 bits per heavy atom. The van der Waals surface area contributed by atoms with Crippen molar-refractivity contribution in [2.75, 3.05) is 26.9 Å². The highest BCUT2D eigenvalue weighted by Crippen LogP contribution is 2.45. The summed E-state index contributed by atoms with van der Waals surface area (Å²) >= 11 is 0. The number of hydrogen-bond acceptors (Lipinski definition) is 6. The molecule has 0 bridgehead atoms. The van der Waals surface area contributed by atoms with Crippen LogP contribution in [0.2, 0.25) is 0 Å². The summed E-state index contributed by atoms with van der Waals surface area (Å²) in [4.78, 5) is 10.5. The van der Waals surface area contributed by atoms with Crippen molar-refractivity contribution in [2.45, 2.75) is 90.7 Å². The van der Waals surface area contributed by atoms with E-state index in [9.17, 15) is 9.46 Å². The van der Waals surface area contributed by atoms with Crippen LogP contribution in [0.25, 0.3) is 0 Å². The van der Waals surface area contributed by atoms with Crippen LogP contribution in [0.5, 0.6) is 17.2 Å².